The molecule has 0 atom stereocenters. The van der Waals surface area contributed by atoms with Crippen LogP contribution in [0.4, 0.5) is 5.95 Å². The number of benzene rings is 1. The lowest BCUT2D eigenvalue weighted by atomic mass is 10.0. The first-order valence-corrected chi connectivity index (χ1v) is 7.55. The number of aromatic nitrogens is 2. The molecule has 2 aromatic rings. The number of nitrogens with zero attached hydrogens (tertiary/aromatic N) is 2. The predicted molar refractivity (Wildman–Crippen MR) is 90.1 cm³/mol. The van der Waals surface area contributed by atoms with Gasteiger partial charge in [0.15, 0.2) is 0 Å². The first kappa shape index (κ1) is 16.7. The number of hydrogen-bond donors (Lipinski definition) is 2. The fourth-order valence-corrected chi connectivity index (χ4v) is 2.22. The molecule has 4 N–H and O–H groups in total. The molecule has 1 aromatic carbocycles. The second kappa shape index (κ2) is 7.09. The molecule has 0 aliphatic carbocycles. The van der Waals surface area contributed by atoms with Crippen LogP contribution in [0.15, 0.2) is 24.3 Å². The van der Waals surface area contributed by atoms with Gasteiger partial charge in [-0.05, 0) is 43.5 Å². The SMILES string of the molecule is Cc1nc(N)nc(-c2ccc(OCCC(C)C)cc2)c1C(N)=O. The van der Waals surface area contributed by atoms with Crippen LogP contribution >= 0.6 is 0 Å². The van der Waals surface area contributed by atoms with Crippen LogP contribution in [0.5, 0.6) is 5.75 Å². The largest absolute Gasteiger partial charge is 0.494 e. The maximum Gasteiger partial charge on any atom is 0.252 e. The van der Waals surface area contributed by atoms with Crippen molar-refractivity contribution in [1.29, 1.82) is 0 Å². The Morgan fingerprint density at radius 1 is 1.22 bits per heavy atom. The van der Waals surface area contributed by atoms with Gasteiger partial charge in [0.05, 0.1) is 23.6 Å². The van der Waals surface area contributed by atoms with Crippen LogP contribution in [-0.2, 0) is 0 Å². The minimum absolute atomic E-state index is 0.111. The van der Waals surface area contributed by atoms with Crippen LogP contribution < -0.4 is 16.2 Å². The molecule has 0 radical (unpaired) electrons. The number of hydrogen-bond acceptors (Lipinski definition) is 5. The van der Waals surface area contributed by atoms with E-state index in [0.29, 0.717) is 23.9 Å². The highest BCUT2D eigenvalue weighted by atomic mass is 16.5. The molecule has 1 aromatic heterocycles. The highest BCUT2D eigenvalue weighted by Gasteiger charge is 2.17. The molecule has 1 amide bonds. The van der Waals surface area contributed by atoms with Gasteiger partial charge in [0.25, 0.3) is 5.91 Å². The van der Waals surface area contributed by atoms with Crippen molar-refractivity contribution in [2.75, 3.05) is 12.3 Å². The van der Waals surface area contributed by atoms with Crippen molar-refractivity contribution in [1.82, 2.24) is 9.97 Å². The van der Waals surface area contributed by atoms with E-state index in [0.717, 1.165) is 17.7 Å². The number of primary amides is 1. The summed E-state index contributed by atoms with van der Waals surface area (Å²) >= 11 is 0. The Balaban J connectivity index is 2.27. The zero-order valence-corrected chi connectivity index (χ0v) is 13.7. The fraction of sp³-hybridized carbons (Fsp3) is 0.353. The summed E-state index contributed by atoms with van der Waals surface area (Å²) < 4.78 is 5.68. The molecular weight excluding hydrogens is 292 g/mol. The van der Waals surface area contributed by atoms with Gasteiger partial charge in [-0.3, -0.25) is 4.79 Å². The molecule has 0 spiro atoms. The molecule has 0 bridgehead atoms. The number of nitrogen functional groups attached to an aromatic ring is 1. The van der Waals surface area contributed by atoms with Crippen LogP contribution in [-0.4, -0.2) is 22.5 Å². The zero-order chi connectivity index (χ0) is 17.0. The third-order valence-corrected chi connectivity index (χ3v) is 3.45. The summed E-state index contributed by atoms with van der Waals surface area (Å²) in [5, 5.41) is 0. The van der Waals surface area contributed by atoms with E-state index in [1.54, 1.807) is 6.92 Å². The third-order valence-electron chi connectivity index (χ3n) is 3.45. The molecule has 1 heterocycles. The summed E-state index contributed by atoms with van der Waals surface area (Å²) in [4.78, 5) is 19.8. The maximum atomic E-state index is 11.7. The molecule has 6 heteroatoms. The average Bonchev–Trinajstić information content (AvgIpc) is 2.46. The van der Waals surface area contributed by atoms with Crippen molar-refractivity contribution >= 4 is 11.9 Å². The van der Waals surface area contributed by atoms with E-state index in [1.165, 1.54) is 0 Å². The number of rotatable bonds is 6. The Bertz CT molecular complexity index is 696. The average molecular weight is 314 g/mol. The van der Waals surface area contributed by atoms with Gasteiger partial charge in [0.1, 0.15) is 5.75 Å². The van der Waals surface area contributed by atoms with Crippen molar-refractivity contribution < 1.29 is 9.53 Å². The van der Waals surface area contributed by atoms with Crippen molar-refractivity contribution in [3.63, 3.8) is 0 Å². The molecule has 0 unspecified atom stereocenters. The van der Waals surface area contributed by atoms with Gasteiger partial charge in [0, 0.05) is 5.56 Å². The minimum Gasteiger partial charge on any atom is -0.494 e. The maximum absolute atomic E-state index is 11.7. The number of carbonyl (C=O) groups is 1. The topological polar surface area (TPSA) is 104 Å². The highest BCUT2D eigenvalue weighted by Crippen LogP contribution is 2.26. The Morgan fingerprint density at radius 2 is 1.87 bits per heavy atom. The number of carbonyl (C=O) groups excluding carboxylic acids is 1. The van der Waals surface area contributed by atoms with Crippen LogP contribution in [0.2, 0.25) is 0 Å². The molecule has 0 saturated carbocycles. The monoisotopic (exact) mass is 314 g/mol. The van der Waals surface area contributed by atoms with Gasteiger partial charge in [0.2, 0.25) is 5.95 Å². The van der Waals surface area contributed by atoms with Crippen LogP contribution in [0, 0.1) is 12.8 Å². The van der Waals surface area contributed by atoms with Crippen LogP contribution in [0.25, 0.3) is 11.3 Å². The van der Waals surface area contributed by atoms with Gasteiger partial charge >= 0.3 is 0 Å². The first-order chi connectivity index (χ1) is 10.9. The summed E-state index contributed by atoms with van der Waals surface area (Å²) in [6.07, 6.45) is 0.995. The van der Waals surface area contributed by atoms with E-state index >= 15 is 0 Å². The minimum atomic E-state index is -0.574. The van der Waals surface area contributed by atoms with Crippen molar-refractivity contribution in [2.45, 2.75) is 27.2 Å². The Morgan fingerprint density at radius 3 is 2.43 bits per heavy atom. The lowest BCUT2D eigenvalue weighted by Crippen LogP contribution is -2.17. The first-order valence-electron chi connectivity index (χ1n) is 7.55. The number of aryl methyl sites for hydroxylation is 1. The lowest BCUT2D eigenvalue weighted by molar-refractivity contribution is 0.0999. The van der Waals surface area contributed by atoms with Gasteiger partial charge in [-0.1, -0.05) is 13.8 Å². The van der Waals surface area contributed by atoms with E-state index in [2.05, 4.69) is 23.8 Å². The molecule has 122 valence electrons. The van der Waals surface area contributed by atoms with Crippen LogP contribution in [0.3, 0.4) is 0 Å². The Kier molecular flexibility index (Phi) is 5.16. The van der Waals surface area contributed by atoms with E-state index in [9.17, 15) is 4.79 Å². The normalized spacial score (nSPS) is 10.8. The Hall–Kier alpha value is -2.63. The number of anilines is 1. The molecule has 6 nitrogen and oxygen atoms in total. The van der Waals surface area contributed by atoms with Gasteiger partial charge in [-0.15, -0.1) is 0 Å². The fourth-order valence-electron chi connectivity index (χ4n) is 2.22. The van der Waals surface area contributed by atoms with Gasteiger partial charge < -0.3 is 16.2 Å². The molecule has 0 aliphatic heterocycles. The smallest absolute Gasteiger partial charge is 0.252 e. The van der Waals surface area contributed by atoms with Crippen molar-refractivity contribution in [2.24, 2.45) is 11.7 Å². The van der Waals surface area contributed by atoms with Crippen LogP contribution in [0.1, 0.15) is 36.3 Å². The Labute approximate surface area is 135 Å². The summed E-state index contributed by atoms with van der Waals surface area (Å²) in [6, 6.07) is 7.35. The number of amides is 1. The lowest BCUT2D eigenvalue weighted by Gasteiger charge is -2.11. The molecular formula is C17H22N4O2. The summed E-state index contributed by atoms with van der Waals surface area (Å²) in [6.45, 7) is 6.66. The standard InChI is InChI=1S/C17H22N4O2/c1-10(2)8-9-23-13-6-4-12(5-7-13)15-14(16(18)22)11(3)20-17(19)21-15/h4-7,10H,8-9H2,1-3H3,(H2,18,22)(H2,19,20,21). The van der Waals surface area contributed by atoms with Crippen molar-refractivity contribution in [3.05, 3.63) is 35.5 Å². The van der Waals surface area contributed by atoms with Gasteiger partial charge in [-0.2, -0.15) is 0 Å². The van der Waals surface area contributed by atoms with E-state index in [1.807, 2.05) is 24.3 Å². The predicted octanol–water partition coefficient (Wildman–Crippen LogP) is 2.56. The third kappa shape index (κ3) is 4.18. The second-order valence-electron chi connectivity index (χ2n) is 5.81. The number of nitrogens with two attached hydrogens (primary N) is 2. The molecule has 0 aliphatic rings. The summed E-state index contributed by atoms with van der Waals surface area (Å²) in [5.41, 5.74) is 13.1. The molecule has 23 heavy (non-hydrogen) atoms. The second-order valence-corrected chi connectivity index (χ2v) is 5.81. The summed E-state index contributed by atoms with van der Waals surface area (Å²) in [5.74, 6) is 0.905. The van der Waals surface area contributed by atoms with Gasteiger partial charge in [-0.25, -0.2) is 9.97 Å². The van der Waals surface area contributed by atoms with E-state index < -0.39 is 5.91 Å². The number of ether oxygens (including phenoxy) is 1. The van der Waals surface area contributed by atoms with Crippen molar-refractivity contribution in [3.8, 4) is 17.0 Å². The highest BCUT2D eigenvalue weighted by molar-refractivity contribution is 6.00. The summed E-state index contributed by atoms with van der Waals surface area (Å²) in [7, 11) is 0. The van der Waals surface area contributed by atoms with E-state index in [4.69, 9.17) is 16.2 Å². The quantitative estimate of drug-likeness (QED) is 0.852. The van der Waals surface area contributed by atoms with E-state index in [-0.39, 0.29) is 11.5 Å². The molecule has 2 rings (SSSR count). The molecule has 0 saturated heterocycles. The molecule has 0 fully saturated rings. The zero-order valence-electron chi connectivity index (χ0n) is 13.7.